The summed E-state index contributed by atoms with van der Waals surface area (Å²) in [6.45, 7) is 0. The molecular formula is C13H21N3O2. The largest absolute Gasteiger partial charge is 0.378 e. The third-order valence-electron chi connectivity index (χ3n) is 4.58. The number of aromatic nitrogens is 2. The first-order chi connectivity index (χ1) is 8.66. The lowest BCUT2D eigenvalue weighted by molar-refractivity contribution is -0.0751. The molecule has 0 amide bonds. The topological polar surface area (TPSA) is 74.2 Å². The number of hydrogen-bond donors (Lipinski definition) is 1. The number of nitrogens with two attached hydrogens (primary N) is 1. The lowest BCUT2D eigenvalue weighted by Gasteiger charge is -2.39. The molecule has 2 fully saturated rings. The van der Waals surface area contributed by atoms with Crippen LogP contribution in [0.3, 0.4) is 0 Å². The van der Waals surface area contributed by atoms with Gasteiger partial charge in [0.25, 0.3) is 0 Å². The van der Waals surface area contributed by atoms with Gasteiger partial charge < -0.3 is 15.0 Å². The molecule has 0 atom stereocenters. The van der Waals surface area contributed by atoms with E-state index in [0.717, 1.165) is 38.5 Å². The van der Waals surface area contributed by atoms with Gasteiger partial charge in [-0.3, -0.25) is 0 Å². The highest BCUT2D eigenvalue weighted by atomic mass is 16.5. The van der Waals surface area contributed by atoms with Crippen molar-refractivity contribution in [1.29, 1.82) is 0 Å². The van der Waals surface area contributed by atoms with Crippen molar-refractivity contribution in [2.75, 3.05) is 7.11 Å². The minimum absolute atomic E-state index is 0.0682. The zero-order valence-electron chi connectivity index (χ0n) is 10.9. The average Bonchev–Trinajstić information content (AvgIpc) is 2.93. The molecule has 5 heteroatoms. The maximum absolute atomic E-state index is 6.32. The van der Waals surface area contributed by atoms with Crippen molar-refractivity contribution in [3.05, 3.63) is 11.7 Å². The lowest BCUT2D eigenvalue weighted by atomic mass is 9.77. The van der Waals surface area contributed by atoms with Crippen molar-refractivity contribution in [3.63, 3.8) is 0 Å². The van der Waals surface area contributed by atoms with Gasteiger partial charge in [-0.1, -0.05) is 18.0 Å². The van der Waals surface area contributed by atoms with Crippen LogP contribution in [0.15, 0.2) is 4.52 Å². The minimum Gasteiger partial charge on any atom is -0.378 e. The molecule has 2 aliphatic carbocycles. The molecule has 3 rings (SSSR count). The predicted molar refractivity (Wildman–Crippen MR) is 65.9 cm³/mol. The van der Waals surface area contributed by atoms with Gasteiger partial charge in [0.05, 0.1) is 17.6 Å². The minimum atomic E-state index is -0.360. The molecule has 2 saturated carbocycles. The van der Waals surface area contributed by atoms with Gasteiger partial charge in [-0.15, -0.1) is 0 Å². The monoisotopic (exact) mass is 251 g/mol. The summed E-state index contributed by atoms with van der Waals surface area (Å²) >= 11 is 0. The maximum atomic E-state index is 6.32. The Morgan fingerprint density at radius 1 is 1.22 bits per heavy atom. The summed E-state index contributed by atoms with van der Waals surface area (Å²) in [4.78, 5) is 4.50. The summed E-state index contributed by atoms with van der Waals surface area (Å²) in [7, 11) is 1.76. The molecule has 5 nitrogen and oxygen atoms in total. The summed E-state index contributed by atoms with van der Waals surface area (Å²) in [5.41, 5.74) is 5.89. The molecule has 1 aromatic heterocycles. The predicted octanol–water partition coefficient (Wildman–Crippen LogP) is 1.91. The fourth-order valence-corrected chi connectivity index (χ4v) is 3.06. The number of methoxy groups -OCH3 is 1. The maximum Gasteiger partial charge on any atom is 0.229 e. The Bertz CT molecular complexity index is 414. The Kier molecular flexibility index (Phi) is 2.90. The van der Waals surface area contributed by atoms with Gasteiger partial charge in [0.1, 0.15) is 0 Å². The van der Waals surface area contributed by atoms with Gasteiger partial charge >= 0.3 is 0 Å². The van der Waals surface area contributed by atoms with E-state index in [0.29, 0.717) is 18.1 Å². The van der Waals surface area contributed by atoms with E-state index < -0.39 is 0 Å². The Hall–Kier alpha value is -0.940. The summed E-state index contributed by atoms with van der Waals surface area (Å²) in [6, 6.07) is 0. The Morgan fingerprint density at radius 2 is 1.94 bits per heavy atom. The molecule has 0 radical (unpaired) electrons. The highest BCUT2D eigenvalue weighted by Crippen LogP contribution is 2.39. The van der Waals surface area contributed by atoms with Gasteiger partial charge in [-0.05, 0) is 32.1 Å². The van der Waals surface area contributed by atoms with Gasteiger partial charge in [0, 0.05) is 7.11 Å². The fraction of sp³-hybridized carbons (Fsp3) is 0.846. The van der Waals surface area contributed by atoms with Crippen LogP contribution in [0.2, 0.25) is 0 Å². The summed E-state index contributed by atoms with van der Waals surface area (Å²) < 4.78 is 10.9. The van der Waals surface area contributed by atoms with Crippen molar-refractivity contribution in [3.8, 4) is 0 Å². The van der Waals surface area contributed by atoms with E-state index in [1.54, 1.807) is 7.11 Å². The molecule has 18 heavy (non-hydrogen) atoms. The third-order valence-corrected chi connectivity index (χ3v) is 4.58. The molecule has 1 aromatic rings. The van der Waals surface area contributed by atoms with E-state index in [4.69, 9.17) is 15.0 Å². The van der Waals surface area contributed by atoms with Gasteiger partial charge in [-0.2, -0.15) is 4.98 Å². The number of rotatable bonds is 4. The fourth-order valence-electron chi connectivity index (χ4n) is 3.06. The SMILES string of the molecule is COC1(Cc2nc(C3(N)CCCC3)no2)CCC1. The van der Waals surface area contributed by atoms with Crippen LogP contribution >= 0.6 is 0 Å². The first kappa shape index (κ1) is 12.1. The van der Waals surface area contributed by atoms with Crippen LogP contribution in [-0.2, 0) is 16.7 Å². The van der Waals surface area contributed by atoms with E-state index in [1.807, 2.05) is 0 Å². The number of nitrogens with zero attached hydrogens (tertiary/aromatic N) is 2. The Balaban J connectivity index is 1.73. The van der Waals surface area contributed by atoms with Crippen LogP contribution in [0.5, 0.6) is 0 Å². The Labute approximate surface area is 107 Å². The van der Waals surface area contributed by atoms with Crippen LogP contribution in [0.4, 0.5) is 0 Å². The molecule has 1 heterocycles. The quantitative estimate of drug-likeness (QED) is 0.884. The zero-order valence-corrected chi connectivity index (χ0v) is 10.9. The number of hydrogen-bond acceptors (Lipinski definition) is 5. The first-order valence-corrected chi connectivity index (χ1v) is 6.83. The van der Waals surface area contributed by atoms with Crippen molar-refractivity contribution >= 4 is 0 Å². The summed E-state index contributed by atoms with van der Waals surface area (Å²) in [5, 5.41) is 4.08. The molecular weight excluding hydrogens is 230 g/mol. The van der Waals surface area contributed by atoms with Crippen molar-refractivity contribution in [2.24, 2.45) is 5.73 Å². The third kappa shape index (κ3) is 1.95. The van der Waals surface area contributed by atoms with E-state index in [2.05, 4.69) is 10.1 Å². The second-order valence-electron chi connectivity index (χ2n) is 5.79. The van der Waals surface area contributed by atoms with E-state index in [9.17, 15) is 0 Å². The van der Waals surface area contributed by atoms with Crippen molar-refractivity contribution in [2.45, 2.75) is 62.5 Å². The van der Waals surface area contributed by atoms with E-state index in [1.165, 1.54) is 6.42 Å². The van der Waals surface area contributed by atoms with Gasteiger partial charge in [0.15, 0.2) is 5.82 Å². The van der Waals surface area contributed by atoms with Crippen LogP contribution in [0.1, 0.15) is 56.7 Å². The molecule has 0 unspecified atom stereocenters. The molecule has 0 saturated heterocycles. The van der Waals surface area contributed by atoms with Crippen LogP contribution in [0, 0.1) is 0 Å². The van der Waals surface area contributed by atoms with E-state index in [-0.39, 0.29) is 11.1 Å². The molecule has 0 bridgehead atoms. The van der Waals surface area contributed by atoms with Gasteiger partial charge in [0.2, 0.25) is 5.89 Å². The highest BCUT2D eigenvalue weighted by Gasteiger charge is 2.40. The second kappa shape index (κ2) is 4.31. The molecule has 100 valence electrons. The Morgan fingerprint density at radius 3 is 2.50 bits per heavy atom. The highest BCUT2D eigenvalue weighted by molar-refractivity contribution is 5.08. The normalized spacial score (nSPS) is 25.0. The van der Waals surface area contributed by atoms with Crippen molar-refractivity contribution < 1.29 is 9.26 Å². The molecule has 2 aliphatic rings. The molecule has 0 spiro atoms. The summed E-state index contributed by atoms with van der Waals surface area (Å²) in [5.74, 6) is 1.35. The first-order valence-electron chi connectivity index (χ1n) is 6.83. The van der Waals surface area contributed by atoms with E-state index >= 15 is 0 Å². The van der Waals surface area contributed by atoms with Gasteiger partial charge in [-0.25, -0.2) is 0 Å². The molecule has 0 aliphatic heterocycles. The molecule has 2 N–H and O–H groups in total. The van der Waals surface area contributed by atoms with Crippen molar-refractivity contribution in [1.82, 2.24) is 10.1 Å². The van der Waals surface area contributed by atoms with Crippen LogP contribution in [-0.4, -0.2) is 22.9 Å². The van der Waals surface area contributed by atoms with Crippen LogP contribution < -0.4 is 5.73 Å². The molecule has 0 aromatic carbocycles. The zero-order chi connectivity index (χ0) is 12.6. The lowest BCUT2D eigenvalue weighted by Crippen LogP contribution is -2.41. The smallest absolute Gasteiger partial charge is 0.229 e. The average molecular weight is 251 g/mol. The second-order valence-corrected chi connectivity index (χ2v) is 5.79. The number of ether oxygens (including phenoxy) is 1. The summed E-state index contributed by atoms with van der Waals surface area (Å²) in [6.07, 6.45) is 8.32. The van der Waals surface area contributed by atoms with Crippen LogP contribution in [0.25, 0.3) is 0 Å². The standard InChI is InChI=1S/C13H21N3O2/c1-17-12(5-4-6-12)9-10-15-11(16-18-10)13(14)7-2-3-8-13/h2-9,14H2,1H3.